The predicted molar refractivity (Wildman–Crippen MR) is 72.6 cm³/mol. The molecule has 0 heterocycles. The number of aliphatic hydroxyl groups is 1. The highest BCUT2D eigenvalue weighted by molar-refractivity contribution is 7.99. The summed E-state index contributed by atoms with van der Waals surface area (Å²) < 4.78 is 0. The molecule has 0 bridgehead atoms. The van der Waals surface area contributed by atoms with Gasteiger partial charge < -0.3 is 10.8 Å². The van der Waals surface area contributed by atoms with E-state index in [0.29, 0.717) is 5.69 Å². The monoisotopic (exact) mass is 239 g/mol. The molecule has 3 N–H and O–H groups in total. The zero-order valence-electron chi connectivity index (χ0n) is 10.0. The average Bonchev–Trinajstić information content (AvgIpc) is 2.24. The third-order valence-electron chi connectivity index (χ3n) is 2.41. The van der Waals surface area contributed by atoms with E-state index in [-0.39, 0.29) is 0 Å². The van der Waals surface area contributed by atoms with Crippen LogP contribution in [0.25, 0.3) is 0 Å². The predicted octanol–water partition coefficient (Wildman–Crippen LogP) is 3.08. The summed E-state index contributed by atoms with van der Waals surface area (Å²) in [6.45, 7) is 4.43. The molecule has 1 aromatic carbocycles. The van der Waals surface area contributed by atoms with Crippen LogP contribution in [0.2, 0.25) is 0 Å². The minimum Gasteiger partial charge on any atom is -0.399 e. The van der Waals surface area contributed by atoms with Crippen molar-refractivity contribution in [2.75, 3.05) is 17.2 Å². The number of anilines is 1. The second-order valence-electron chi connectivity index (χ2n) is 4.44. The van der Waals surface area contributed by atoms with Crippen molar-refractivity contribution in [1.29, 1.82) is 0 Å². The molecule has 0 aromatic heterocycles. The molecule has 90 valence electrons. The van der Waals surface area contributed by atoms with Gasteiger partial charge in [0, 0.05) is 11.4 Å². The van der Waals surface area contributed by atoms with Crippen LogP contribution in [-0.4, -0.2) is 16.6 Å². The molecule has 0 spiro atoms. The van der Waals surface area contributed by atoms with Crippen LogP contribution < -0.4 is 5.73 Å². The summed E-state index contributed by atoms with van der Waals surface area (Å²) in [4.78, 5) is 0. The lowest BCUT2D eigenvalue weighted by molar-refractivity contribution is 0.204. The van der Waals surface area contributed by atoms with E-state index < -0.39 is 6.10 Å². The Morgan fingerprint density at radius 1 is 1.38 bits per heavy atom. The van der Waals surface area contributed by atoms with Crippen molar-refractivity contribution < 1.29 is 5.11 Å². The number of benzene rings is 1. The van der Waals surface area contributed by atoms with Crippen molar-refractivity contribution >= 4 is 17.4 Å². The largest absolute Gasteiger partial charge is 0.399 e. The van der Waals surface area contributed by atoms with E-state index in [1.54, 1.807) is 11.8 Å². The van der Waals surface area contributed by atoms with Crippen molar-refractivity contribution in [3.05, 3.63) is 29.8 Å². The van der Waals surface area contributed by atoms with Crippen molar-refractivity contribution in [2.24, 2.45) is 5.92 Å². The highest BCUT2D eigenvalue weighted by Crippen LogP contribution is 2.21. The minimum absolute atomic E-state index is 0.402. The van der Waals surface area contributed by atoms with Crippen LogP contribution in [0.1, 0.15) is 31.9 Å². The Hall–Kier alpha value is -0.670. The summed E-state index contributed by atoms with van der Waals surface area (Å²) in [6, 6.07) is 7.48. The Balaban J connectivity index is 2.32. The molecule has 1 unspecified atom stereocenters. The van der Waals surface area contributed by atoms with Crippen LogP contribution >= 0.6 is 11.8 Å². The van der Waals surface area contributed by atoms with E-state index in [1.165, 1.54) is 6.42 Å². The van der Waals surface area contributed by atoms with E-state index in [1.807, 2.05) is 24.3 Å². The van der Waals surface area contributed by atoms with E-state index in [0.717, 1.165) is 23.0 Å². The van der Waals surface area contributed by atoms with Crippen LogP contribution in [0.5, 0.6) is 0 Å². The van der Waals surface area contributed by atoms with E-state index >= 15 is 0 Å². The molecule has 3 heteroatoms. The molecule has 0 amide bonds. The Bertz CT molecular complexity index is 315. The van der Waals surface area contributed by atoms with Crippen molar-refractivity contribution in [2.45, 2.75) is 26.4 Å². The summed E-state index contributed by atoms with van der Waals surface area (Å²) in [5, 5.41) is 9.93. The zero-order valence-corrected chi connectivity index (χ0v) is 10.8. The zero-order chi connectivity index (χ0) is 12.0. The highest BCUT2D eigenvalue weighted by Gasteiger charge is 2.07. The van der Waals surface area contributed by atoms with Gasteiger partial charge in [0.15, 0.2) is 0 Å². The topological polar surface area (TPSA) is 46.2 Å². The molecule has 0 saturated carbocycles. The van der Waals surface area contributed by atoms with Gasteiger partial charge in [-0.2, -0.15) is 11.8 Å². The lowest BCUT2D eigenvalue weighted by Gasteiger charge is -2.11. The van der Waals surface area contributed by atoms with Crippen LogP contribution in [-0.2, 0) is 0 Å². The van der Waals surface area contributed by atoms with Gasteiger partial charge in [-0.05, 0) is 35.8 Å². The summed E-state index contributed by atoms with van der Waals surface area (Å²) in [6.07, 6.45) is 0.801. The summed E-state index contributed by atoms with van der Waals surface area (Å²) in [5.41, 5.74) is 7.30. The molecule has 1 aromatic rings. The Labute approximate surface area is 102 Å². The first-order valence-electron chi connectivity index (χ1n) is 5.71. The number of hydrogen-bond donors (Lipinski definition) is 2. The van der Waals surface area contributed by atoms with Crippen LogP contribution in [0.4, 0.5) is 5.69 Å². The van der Waals surface area contributed by atoms with Gasteiger partial charge in [0.05, 0.1) is 6.10 Å². The van der Waals surface area contributed by atoms with E-state index in [9.17, 15) is 5.11 Å². The first kappa shape index (κ1) is 13.4. The van der Waals surface area contributed by atoms with Gasteiger partial charge in [-0.25, -0.2) is 0 Å². The minimum atomic E-state index is -0.402. The molecule has 1 atom stereocenters. The Morgan fingerprint density at radius 2 is 2.12 bits per heavy atom. The molecule has 0 aliphatic heterocycles. The lowest BCUT2D eigenvalue weighted by atomic mass is 10.1. The molecule has 0 aliphatic rings. The fraction of sp³-hybridized carbons (Fsp3) is 0.538. The summed E-state index contributed by atoms with van der Waals surface area (Å²) >= 11 is 1.80. The maximum absolute atomic E-state index is 9.93. The third kappa shape index (κ3) is 4.90. The Kier molecular flexibility index (Phi) is 5.71. The molecular formula is C13H21NOS. The fourth-order valence-electron chi connectivity index (χ4n) is 1.38. The SMILES string of the molecule is CC(C)CCSCC(O)c1cccc(N)c1. The molecule has 2 nitrogen and oxygen atoms in total. The summed E-state index contributed by atoms with van der Waals surface area (Å²) in [7, 11) is 0. The van der Waals surface area contributed by atoms with Gasteiger partial charge >= 0.3 is 0 Å². The molecule has 1 rings (SSSR count). The van der Waals surface area contributed by atoms with Crippen LogP contribution in [0.3, 0.4) is 0 Å². The maximum Gasteiger partial charge on any atom is 0.0881 e. The molecule has 0 radical (unpaired) electrons. The standard InChI is InChI=1S/C13H21NOS/c1-10(2)6-7-16-9-13(15)11-4-3-5-12(14)8-11/h3-5,8,10,13,15H,6-7,9,14H2,1-2H3. The maximum atomic E-state index is 9.93. The van der Waals surface area contributed by atoms with Crippen molar-refractivity contribution in [3.8, 4) is 0 Å². The summed E-state index contributed by atoms with van der Waals surface area (Å²) in [5.74, 6) is 2.59. The van der Waals surface area contributed by atoms with Crippen molar-refractivity contribution in [1.82, 2.24) is 0 Å². The van der Waals surface area contributed by atoms with E-state index in [4.69, 9.17) is 5.73 Å². The quantitative estimate of drug-likeness (QED) is 0.592. The second kappa shape index (κ2) is 6.81. The highest BCUT2D eigenvalue weighted by atomic mass is 32.2. The molecule has 0 saturated heterocycles. The number of nitrogens with two attached hydrogens (primary N) is 1. The average molecular weight is 239 g/mol. The van der Waals surface area contributed by atoms with Gasteiger partial charge in [0.1, 0.15) is 0 Å². The Morgan fingerprint density at radius 3 is 2.75 bits per heavy atom. The second-order valence-corrected chi connectivity index (χ2v) is 5.59. The molecule has 0 aliphatic carbocycles. The number of hydrogen-bond acceptors (Lipinski definition) is 3. The smallest absolute Gasteiger partial charge is 0.0881 e. The van der Waals surface area contributed by atoms with Gasteiger partial charge in [-0.15, -0.1) is 0 Å². The number of aliphatic hydroxyl groups excluding tert-OH is 1. The molecule has 0 fully saturated rings. The normalized spacial score (nSPS) is 13.0. The fourth-order valence-corrected chi connectivity index (χ4v) is 2.60. The van der Waals surface area contributed by atoms with Gasteiger partial charge in [-0.3, -0.25) is 0 Å². The van der Waals surface area contributed by atoms with E-state index in [2.05, 4.69) is 13.8 Å². The number of nitrogen functional groups attached to an aromatic ring is 1. The van der Waals surface area contributed by atoms with Crippen molar-refractivity contribution in [3.63, 3.8) is 0 Å². The molecule has 16 heavy (non-hydrogen) atoms. The lowest BCUT2D eigenvalue weighted by Crippen LogP contribution is -2.02. The van der Waals surface area contributed by atoms with Gasteiger partial charge in [0.25, 0.3) is 0 Å². The van der Waals surface area contributed by atoms with Crippen LogP contribution in [0.15, 0.2) is 24.3 Å². The first-order valence-corrected chi connectivity index (χ1v) is 6.86. The third-order valence-corrected chi connectivity index (χ3v) is 3.49. The number of rotatable bonds is 6. The molecular weight excluding hydrogens is 218 g/mol. The number of thioether (sulfide) groups is 1. The van der Waals surface area contributed by atoms with Gasteiger partial charge in [-0.1, -0.05) is 26.0 Å². The van der Waals surface area contributed by atoms with Crippen LogP contribution in [0, 0.1) is 5.92 Å². The van der Waals surface area contributed by atoms with Gasteiger partial charge in [0.2, 0.25) is 0 Å². The first-order chi connectivity index (χ1) is 7.59.